The summed E-state index contributed by atoms with van der Waals surface area (Å²) >= 11 is 19.4. The predicted molar refractivity (Wildman–Crippen MR) is 220 cm³/mol. The molecule has 3 aromatic rings. The minimum Gasteiger partial charge on any atom is -0.493 e. The fraction of sp³-hybridized carbons (Fsp3) is 0.500. The lowest BCUT2D eigenvalue weighted by molar-refractivity contribution is 0.0363. The molecule has 3 aliphatic rings. The van der Waals surface area contributed by atoms with Gasteiger partial charge in [-0.05, 0) is 106 Å². The van der Waals surface area contributed by atoms with Crippen molar-refractivity contribution in [3.63, 3.8) is 0 Å². The third-order valence-electron chi connectivity index (χ3n) is 12.1. The number of likely N-dealkylation sites (tertiary alicyclic amines) is 2. The number of halogens is 3. The molecule has 0 saturated carbocycles. The second kappa shape index (κ2) is 15.8. The Bertz CT molecular complexity index is 2170. The third kappa shape index (κ3) is 8.14. The molecule has 0 radical (unpaired) electrons. The van der Waals surface area contributed by atoms with Crippen molar-refractivity contribution in [2.45, 2.75) is 69.4 Å². The van der Waals surface area contributed by atoms with Crippen molar-refractivity contribution in [2.75, 3.05) is 57.1 Å². The fourth-order valence-corrected chi connectivity index (χ4v) is 10.7. The number of carbonyl (C=O) groups is 1. The highest BCUT2D eigenvalue weighted by atomic mass is 35.5. The molecule has 3 aromatic carbocycles. The second-order valence-electron chi connectivity index (χ2n) is 15.3. The minimum atomic E-state index is -3.80. The van der Waals surface area contributed by atoms with Gasteiger partial charge in [0.15, 0.2) is 19.7 Å². The number of rotatable bonds is 10. The topological polar surface area (TPSA) is 117 Å². The van der Waals surface area contributed by atoms with Crippen molar-refractivity contribution in [2.24, 2.45) is 10.4 Å². The zero-order valence-electron chi connectivity index (χ0n) is 31.9. The first-order valence-corrected chi connectivity index (χ1v) is 23.5. The maximum atomic E-state index is 15.4. The van der Waals surface area contributed by atoms with E-state index in [1.807, 2.05) is 49.9 Å². The Labute approximate surface area is 340 Å². The highest BCUT2D eigenvalue weighted by Gasteiger charge is 2.60. The third-order valence-corrected chi connectivity index (χ3v) is 15.8. The number of amidine groups is 1. The molecule has 1 spiro atoms. The van der Waals surface area contributed by atoms with Crippen molar-refractivity contribution in [1.29, 1.82) is 0 Å². The van der Waals surface area contributed by atoms with Gasteiger partial charge < -0.3 is 14.5 Å². The highest BCUT2D eigenvalue weighted by Crippen LogP contribution is 2.54. The van der Waals surface area contributed by atoms with Crippen LogP contribution in [0.5, 0.6) is 5.75 Å². The summed E-state index contributed by atoms with van der Waals surface area (Å²) in [5.41, 5.74) is -0.371. The van der Waals surface area contributed by atoms with E-state index in [1.165, 1.54) is 12.1 Å². The van der Waals surface area contributed by atoms with E-state index in [9.17, 15) is 16.8 Å². The van der Waals surface area contributed by atoms with E-state index < -0.39 is 30.8 Å². The van der Waals surface area contributed by atoms with Gasteiger partial charge in [0.1, 0.15) is 22.7 Å². The number of urea groups is 1. The summed E-state index contributed by atoms with van der Waals surface area (Å²) in [5, 5.41) is 1.08. The van der Waals surface area contributed by atoms with Gasteiger partial charge in [-0.1, -0.05) is 66.0 Å². The first kappa shape index (κ1) is 41.8. The molecule has 6 rings (SSSR count). The summed E-state index contributed by atoms with van der Waals surface area (Å²) in [6.07, 6.45) is 4.57. The van der Waals surface area contributed by atoms with Crippen molar-refractivity contribution in [3.05, 3.63) is 92.4 Å². The molecule has 2 unspecified atom stereocenters. The summed E-state index contributed by atoms with van der Waals surface area (Å²) in [4.78, 5) is 26.6. The molecule has 55 heavy (non-hydrogen) atoms. The quantitative estimate of drug-likeness (QED) is 0.203. The maximum absolute atomic E-state index is 15.4. The predicted octanol–water partition coefficient (Wildman–Crippen LogP) is 8.07. The van der Waals surface area contributed by atoms with E-state index in [2.05, 4.69) is 4.90 Å². The Hall–Kier alpha value is -2.87. The number of hydrogen-bond donors (Lipinski definition) is 0. The number of sulfone groups is 2. The van der Waals surface area contributed by atoms with Gasteiger partial charge in [-0.3, -0.25) is 9.89 Å². The summed E-state index contributed by atoms with van der Waals surface area (Å²) in [6.45, 7) is 10.9. The molecule has 2 amide bonds. The molecule has 3 aliphatic heterocycles. The Morgan fingerprint density at radius 3 is 1.89 bits per heavy atom. The number of carbonyl (C=O) groups excluding carboxylic acids is 1. The molecule has 0 bridgehead atoms. The van der Waals surface area contributed by atoms with Crippen LogP contribution in [0.1, 0.15) is 70.1 Å². The molecule has 0 aromatic heterocycles. The summed E-state index contributed by atoms with van der Waals surface area (Å²) in [6, 6.07) is 17.4. The average Bonchev–Trinajstić information content (AvgIpc) is 3.39. The van der Waals surface area contributed by atoms with Gasteiger partial charge in [0.2, 0.25) is 0 Å². The van der Waals surface area contributed by atoms with Crippen LogP contribution in [0, 0.1) is 5.41 Å². The highest BCUT2D eigenvalue weighted by molar-refractivity contribution is 7.91. The first-order chi connectivity index (χ1) is 25.9. The number of benzene rings is 3. The van der Waals surface area contributed by atoms with E-state index >= 15 is 4.79 Å². The summed E-state index contributed by atoms with van der Waals surface area (Å²) in [5.74, 6) is 0.869. The summed E-state index contributed by atoms with van der Waals surface area (Å²) < 4.78 is 56.5. The van der Waals surface area contributed by atoms with Crippen LogP contribution >= 0.6 is 34.8 Å². The van der Waals surface area contributed by atoms with E-state index in [0.717, 1.165) is 56.2 Å². The van der Waals surface area contributed by atoms with Crippen LogP contribution in [0.3, 0.4) is 0 Å². The van der Waals surface area contributed by atoms with Crippen LogP contribution in [0.15, 0.2) is 70.6 Å². The van der Waals surface area contributed by atoms with Gasteiger partial charge in [0.25, 0.3) is 0 Å². The molecule has 2 saturated heterocycles. The minimum absolute atomic E-state index is 0.00598. The lowest BCUT2D eigenvalue weighted by Crippen LogP contribution is -2.60. The van der Waals surface area contributed by atoms with Gasteiger partial charge in [-0.25, -0.2) is 21.6 Å². The molecular weight excluding hydrogens is 803 g/mol. The second-order valence-corrected chi connectivity index (χ2v) is 21.0. The van der Waals surface area contributed by atoms with E-state index in [-0.39, 0.29) is 45.3 Å². The molecule has 15 heteroatoms. The Morgan fingerprint density at radius 2 is 1.36 bits per heavy atom. The van der Waals surface area contributed by atoms with Crippen LogP contribution in [-0.2, 0) is 30.8 Å². The van der Waals surface area contributed by atoms with Crippen molar-refractivity contribution >= 4 is 66.3 Å². The SMILES string of the molecule is CCOc1cc(Cl)c(S(C)(=O)=O)cc1C1=NC(C)(c2ccc(Cl)cc2)C(C)(c2ccc(Cl)cc2)N1C(=O)N1CCC2(CCN(CCS(=O)(=O)CC)CC2)CC1. The lowest BCUT2D eigenvalue weighted by atomic mass is 9.70. The zero-order chi connectivity index (χ0) is 40.0. The van der Waals surface area contributed by atoms with Gasteiger partial charge in [-0.2, -0.15) is 0 Å². The number of nitrogens with zero attached hydrogens (tertiary/aromatic N) is 4. The summed E-state index contributed by atoms with van der Waals surface area (Å²) in [7, 11) is -6.83. The molecule has 3 heterocycles. The first-order valence-electron chi connectivity index (χ1n) is 18.7. The Balaban J connectivity index is 1.43. The number of aliphatic imine (C=N–C) groups is 1. The Kier molecular flexibility index (Phi) is 12.0. The number of ether oxygens (including phenoxy) is 1. The van der Waals surface area contributed by atoms with Gasteiger partial charge in [0.05, 0.1) is 27.8 Å². The number of amides is 2. The average molecular weight is 852 g/mol. The Morgan fingerprint density at radius 1 is 0.818 bits per heavy atom. The van der Waals surface area contributed by atoms with Crippen LogP contribution in [0.2, 0.25) is 15.1 Å². The largest absolute Gasteiger partial charge is 0.493 e. The standard InChI is InChI=1S/C40H49Cl3N4O6S2/c1-6-53-34-27-33(43)35(54(5,49)50)26-32(34)36-44-38(3,28-8-12-30(41)13-9-28)39(4,29-10-14-31(42)15-11-29)47(36)37(48)46-22-18-40(19-23-46)16-20-45(21-17-40)24-25-55(51,52)7-2/h8-15,26-27H,6-7,16-25H2,1-5H3. The lowest BCUT2D eigenvalue weighted by Gasteiger charge is -2.50. The van der Waals surface area contributed by atoms with Crippen molar-refractivity contribution in [3.8, 4) is 5.75 Å². The molecule has 2 atom stereocenters. The van der Waals surface area contributed by atoms with E-state index in [4.69, 9.17) is 44.5 Å². The number of piperidine rings is 2. The van der Waals surface area contributed by atoms with Crippen molar-refractivity contribution in [1.82, 2.24) is 14.7 Å². The smallest absolute Gasteiger partial charge is 0.326 e. The van der Waals surface area contributed by atoms with Crippen LogP contribution in [0.4, 0.5) is 4.79 Å². The van der Waals surface area contributed by atoms with Crippen LogP contribution < -0.4 is 4.74 Å². The van der Waals surface area contributed by atoms with Gasteiger partial charge in [-0.15, -0.1) is 0 Å². The molecule has 0 N–H and O–H groups in total. The van der Waals surface area contributed by atoms with Crippen LogP contribution in [-0.4, -0.2) is 100 Å². The van der Waals surface area contributed by atoms with Gasteiger partial charge >= 0.3 is 6.03 Å². The number of hydrogen-bond acceptors (Lipinski definition) is 8. The fourth-order valence-electron chi connectivity index (χ4n) is 8.31. The van der Waals surface area contributed by atoms with Crippen LogP contribution in [0.25, 0.3) is 0 Å². The molecule has 2 fully saturated rings. The normalized spacial score (nSPS) is 23.2. The zero-order valence-corrected chi connectivity index (χ0v) is 35.8. The maximum Gasteiger partial charge on any atom is 0.326 e. The van der Waals surface area contributed by atoms with Crippen molar-refractivity contribution < 1.29 is 26.4 Å². The van der Waals surface area contributed by atoms with E-state index in [0.29, 0.717) is 41.0 Å². The van der Waals surface area contributed by atoms with Gasteiger partial charge in [0, 0.05) is 47.8 Å². The molecular formula is C40H49Cl3N4O6S2. The monoisotopic (exact) mass is 850 g/mol. The van der Waals surface area contributed by atoms with E-state index in [1.54, 1.807) is 36.1 Å². The molecule has 298 valence electrons. The molecule has 10 nitrogen and oxygen atoms in total. The molecule has 0 aliphatic carbocycles.